The Bertz CT molecular complexity index is 958. The van der Waals surface area contributed by atoms with Gasteiger partial charge in [0, 0.05) is 25.3 Å². The number of nitrogens with zero attached hydrogens (tertiary/aromatic N) is 2. The van der Waals surface area contributed by atoms with Gasteiger partial charge in [-0.3, -0.25) is 14.4 Å². The van der Waals surface area contributed by atoms with Gasteiger partial charge in [-0.15, -0.1) is 0 Å². The second kappa shape index (κ2) is 8.56. The Morgan fingerprint density at radius 3 is 2.30 bits per heavy atom. The standard InChI is InChI=1S/C21H20F3N3O3/c1-14-5-7-15(8-6-14)12-26-9-10-27(20(30)19(26)29)13-18(28)25-17-4-2-3-16(11-17)21(22,23)24/h2-8,11H,9-10,12-13H2,1H3,(H,25,28). The number of rotatable bonds is 5. The molecule has 1 heterocycles. The van der Waals surface area contributed by atoms with E-state index < -0.39 is 36.0 Å². The number of halogens is 3. The van der Waals surface area contributed by atoms with Crippen LogP contribution in [0.3, 0.4) is 0 Å². The van der Waals surface area contributed by atoms with Crippen LogP contribution in [0.15, 0.2) is 48.5 Å². The van der Waals surface area contributed by atoms with E-state index in [-0.39, 0.29) is 25.3 Å². The van der Waals surface area contributed by atoms with E-state index in [2.05, 4.69) is 5.32 Å². The van der Waals surface area contributed by atoms with Crippen LogP contribution in [0, 0.1) is 6.92 Å². The van der Waals surface area contributed by atoms with Gasteiger partial charge in [0.05, 0.1) is 5.56 Å². The summed E-state index contributed by atoms with van der Waals surface area (Å²) in [6.45, 7) is 2.23. The van der Waals surface area contributed by atoms with E-state index in [1.165, 1.54) is 17.0 Å². The number of anilines is 1. The number of aryl methyl sites for hydroxylation is 1. The number of hydrogen-bond donors (Lipinski definition) is 1. The fourth-order valence-corrected chi connectivity index (χ4v) is 3.08. The first-order valence-corrected chi connectivity index (χ1v) is 9.24. The molecular formula is C21H20F3N3O3. The minimum Gasteiger partial charge on any atom is -0.328 e. The van der Waals surface area contributed by atoms with Crippen molar-refractivity contribution in [1.82, 2.24) is 9.80 Å². The summed E-state index contributed by atoms with van der Waals surface area (Å²) in [5.74, 6) is -2.20. The van der Waals surface area contributed by atoms with Gasteiger partial charge in [-0.25, -0.2) is 0 Å². The lowest BCUT2D eigenvalue weighted by molar-refractivity contribution is -0.157. The fraction of sp³-hybridized carbons (Fsp3) is 0.286. The molecule has 2 aromatic rings. The van der Waals surface area contributed by atoms with Crippen molar-refractivity contribution in [3.63, 3.8) is 0 Å². The van der Waals surface area contributed by atoms with Crippen LogP contribution in [-0.2, 0) is 27.1 Å². The Labute approximate surface area is 171 Å². The molecule has 0 atom stereocenters. The highest BCUT2D eigenvalue weighted by molar-refractivity contribution is 6.35. The lowest BCUT2D eigenvalue weighted by Gasteiger charge is -2.33. The van der Waals surface area contributed by atoms with E-state index in [9.17, 15) is 27.6 Å². The van der Waals surface area contributed by atoms with Crippen LogP contribution >= 0.6 is 0 Å². The molecule has 0 saturated carbocycles. The summed E-state index contributed by atoms with van der Waals surface area (Å²) in [7, 11) is 0. The first-order valence-electron chi connectivity index (χ1n) is 9.24. The van der Waals surface area contributed by atoms with E-state index >= 15 is 0 Å². The number of amides is 3. The van der Waals surface area contributed by atoms with E-state index in [1.807, 2.05) is 31.2 Å². The lowest BCUT2D eigenvalue weighted by Crippen LogP contribution is -2.55. The highest BCUT2D eigenvalue weighted by atomic mass is 19.4. The van der Waals surface area contributed by atoms with Gasteiger partial charge in [0.2, 0.25) is 5.91 Å². The summed E-state index contributed by atoms with van der Waals surface area (Å²) in [5, 5.41) is 2.34. The zero-order chi connectivity index (χ0) is 21.9. The molecule has 1 N–H and O–H groups in total. The largest absolute Gasteiger partial charge is 0.416 e. The number of hydrogen-bond acceptors (Lipinski definition) is 3. The molecule has 3 amide bonds. The van der Waals surface area contributed by atoms with Crippen LogP contribution in [0.1, 0.15) is 16.7 Å². The fourth-order valence-electron chi connectivity index (χ4n) is 3.08. The molecule has 1 saturated heterocycles. The van der Waals surface area contributed by atoms with Gasteiger partial charge in [-0.1, -0.05) is 35.9 Å². The van der Waals surface area contributed by atoms with E-state index in [0.717, 1.165) is 28.2 Å². The normalized spacial score (nSPS) is 14.8. The monoisotopic (exact) mass is 419 g/mol. The molecule has 6 nitrogen and oxygen atoms in total. The van der Waals surface area contributed by atoms with Crippen molar-refractivity contribution >= 4 is 23.4 Å². The zero-order valence-corrected chi connectivity index (χ0v) is 16.2. The van der Waals surface area contributed by atoms with Gasteiger partial charge in [0.25, 0.3) is 0 Å². The third kappa shape index (κ3) is 5.16. The Morgan fingerprint density at radius 1 is 1.00 bits per heavy atom. The number of carbonyl (C=O) groups is 3. The predicted molar refractivity (Wildman–Crippen MR) is 103 cm³/mol. The Hall–Kier alpha value is -3.36. The Kier molecular flexibility index (Phi) is 6.09. The quantitative estimate of drug-likeness (QED) is 0.758. The SMILES string of the molecule is Cc1ccc(CN2CCN(CC(=O)Nc3cccc(C(F)(F)F)c3)C(=O)C2=O)cc1. The molecular weight excluding hydrogens is 399 g/mol. The molecule has 30 heavy (non-hydrogen) atoms. The van der Waals surface area contributed by atoms with Crippen molar-refractivity contribution in [2.24, 2.45) is 0 Å². The van der Waals surface area contributed by atoms with Gasteiger partial charge >= 0.3 is 18.0 Å². The molecule has 1 aliphatic heterocycles. The highest BCUT2D eigenvalue weighted by Gasteiger charge is 2.34. The highest BCUT2D eigenvalue weighted by Crippen LogP contribution is 2.30. The molecule has 0 unspecified atom stereocenters. The van der Waals surface area contributed by atoms with Gasteiger partial charge < -0.3 is 15.1 Å². The number of benzene rings is 2. The third-order valence-electron chi connectivity index (χ3n) is 4.70. The number of carbonyl (C=O) groups excluding carboxylic acids is 3. The second-order valence-electron chi connectivity index (χ2n) is 7.07. The van der Waals surface area contributed by atoms with E-state index in [1.54, 1.807) is 0 Å². The maximum Gasteiger partial charge on any atom is 0.416 e. The summed E-state index contributed by atoms with van der Waals surface area (Å²) in [6.07, 6.45) is -4.53. The van der Waals surface area contributed by atoms with Crippen LogP contribution in [0.5, 0.6) is 0 Å². The van der Waals surface area contributed by atoms with Gasteiger partial charge in [-0.2, -0.15) is 13.2 Å². The van der Waals surface area contributed by atoms with Gasteiger partial charge in [-0.05, 0) is 30.7 Å². The number of nitrogens with one attached hydrogen (secondary N) is 1. The molecule has 1 aliphatic rings. The average Bonchev–Trinajstić information content (AvgIpc) is 2.69. The first kappa shape index (κ1) is 21.4. The summed E-state index contributed by atoms with van der Waals surface area (Å²) in [5.41, 5.74) is 1.04. The van der Waals surface area contributed by atoms with Crippen LogP contribution in [0.2, 0.25) is 0 Å². The van der Waals surface area contributed by atoms with Crippen molar-refractivity contribution in [3.8, 4) is 0 Å². The molecule has 0 spiro atoms. The molecule has 0 aliphatic carbocycles. The molecule has 9 heteroatoms. The molecule has 1 fully saturated rings. The van der Waals surface area contributed by atoms with Crippen molar-refractivity contribution in [3.05, 3.63) is 65.2 Å². The van der Waals surface area contributed by atoms with Crippen LogP contribution in [0.25, 0.3) is 0 Å². The van der Waals surface area contributed by atoms with E-state index in [0.29, 0.717) is 0 Å². The molecule has 0 radical (unpaired) electrons. The van der Waals surface area contributed by atoms with Gasteiger partial charge in [0.1, 0.15) is 6.54 Å². The van der Waals surface area contributed by atoms with Crippen LogP contribution < -0.4 is 5.32 Å². The second-order valence-corrected chi connectivity index (χ2v) is 7.07. The summed E-state index contributed by atoms with van der Waals surface area (Å²) in [6, 6.07) is 11.8. The van der Waals surface area contributed by atoms with Crippen molar-refractivity contribution < 1.29 is 27.6 Å². The third-order valence-corrected chi connectivity index (χ3v) is 4.70. The van der Waals surface area contributed by atoms with Crippen LogP contribution in [-0.4, -0.2) is 47.2 Å². The summed E-state index contributed by atoms with van der Waals surface area (Å²) in [4.78, 5) is 39.4. The summed E-state index contributed by atoms with van der Waals surface area (Å²) < 4.78 is 38.3. The number of piperazine rings is 1. The predicted octanol–water partition coefficient (Wildman–Crippen LogP) is 2.82. The topological polar surface area (TPSA) is 69.7 Å². The minimum atomic E-state index is -4.53. The molecule has 158 valence electrons. The number of alkyl halides is 3. The van der Waals surface area contributed by atoms with E-state index in [4.69, 9.17) is 0 Å². The summed E-state index contributed by atoms with van der Waals surface area (Å²) >= 11 is 0. The molecule has 3 rings (SSSR count). The minimum absolute atomic E-state index is 0.0355. The first-order chi connectivity index (χ1) is 14.1. The maximum absolute atomic E-state index is 12.8. The maximum atomic E-state index is 12.8. The zero-order valence-electron chi connectivity index (χ0n) is 16.2. The van der Waals surface area contributed by atoms with Crippen molar-refractivity contribution in [2.75, 3.05) is 25.0 Å². The average molecular weight is 419 g/mol. The van der Waals surface area contributed by atoms with Crippen molar-refractivity contribution in [2.45, 2.75) is 19.6 Å². The van der Waals surface area contributed by atoms with Gasteiger partial charge in [0.15, 0.2) is 0 Å². The van der Waals surface area contributed by atoms with Crippen LogP contribution in [0.4, 0.5) is 18.9 Å². The molecule has 0 bridgehead atoms. The smallest absolute Gasteiger partial charge is 0.328 e. The molecule has 0 aromatic heterocycles. The Morgan fingerprint density at radius 2 is 1.63 bits per heavy atom. The molecule has 2 aromatic carbocycles. The van der Waals surface area contributed by atoms with Crippen molar-refractivity contribution in [1.29, 1.82) is 0 Å². The lowest BCUT2D eigenvalue weighted by atomic mass is 10.1. The Balaban J connectivity index is 1.58.